The van der Waals surface area contributed by atoms with E-state index < -0.39 is 0 Å². The van der Waals surface area contributed by atoms with Crippen LogP contribution in [-0.2, 0) is 0 Å². The number of aliphatic imine (C=N–C) groups is 1. The van der Waals surface area contributed by atoms with Gasteiger partial charge in [-0.25, -0.2) is 4.99 Å². The molecular weight excluding hydrogens is 446 g/mol. The molecular formula is C28H34ClN3S. The summed E-state index contributed by atoms with van der Waals surface area (Å²) in [5, 5.41) is 0.734. The minimum Gasteiger partial charge on any atom is -0.293 e. The Hall–Kier alpha value is -1.75. The second-order valence-corrected chi connectivity index (χ2v) is 11.0. The number of para-hydroxylation sites is 1. The monoisotopic (exact) mass is 479 g/mol. The van der Waals surface area contributed by atoms with Gasteiger partial charge < -0.3 is 0 Å². The first-order chi connectivity index (χ1) is 15.9. The first kappa shape index (κ1) is 23.0. The minimum atomic E-state index is -0.0393. The highest BCUT2D eigenvalue weighted by Crippen LogP contribution is 2.51. The fraction of sp³-hybridized carbons (Fsp3) is 0.500. The fourth-order valence-corrected chi connectivity index (χ4v) is 7.16. The Morgan fingerprint density at radius 1 is 0.939 bits per heavy atom. The van der Waals surface area contributed by atoms with Crippen LogP contribution >= 0.6 is 23.8 Å². The number of likely N-dealkylation sites (tertiary alicyclic amines) is 1. The lowest BCUT2D eigenvalue weighted by atomic mass is 9.70. The lowest BCUT2D eigenvalue weighted by molar-refractivity contribution is 0.155. The molecule has 2 aromatic carbocycles. The Labute approximate surface area is 208 Å². The minimum absolute atomic E-state index is 0.0393. The van der Waals surface area contributed by atoms with Crippen molar-refractivity contribution in [1.29, 1.82) is 0 Å². The molecule has 1 aliphatic carbocycles. The lowest BCUT2D eigenvalue weighted by Crippen LogP contribution is -2.49. The van der Waals surface area contributed by atoms with Crippen LogP contribution in [0.25, 0.3) is 0 Å². The van der Waals surface area contributed by atoms with E-state index >= 15 is 0 Å². The first-order valence-electron chi connectivity index (χ1n) is 12.4. The number of benzene rings is 2. The summed E-state index contributed by atoms with van der Waals surface area (Å²) in [4.78, 5) is 11.4. The third-order valence-electron chi connectivity index (χ3n) is 7.83. The lowest BCUT2D eigenvalue weighted by Gasteiger charge is -2.41. The molecule has 1 spiro atoms. The second kappa shape index (κ2) is 9.13. The van der Waals surface area contributed by atoms with E-state index in [1.54, 1.807) is 0 Å². The Bertz CT molecular complexity index is 1070. The molecule has 0 aromatic heterocycles. The van der Waals surface area contributed by atoms with Crippen molar-refractivity contribution in [2.45, 2.75) is 71.8 Å². The van der Waals surface area contributed by atoms with Crippen LogP contribution in [0.2, 0.25) is 5.02 Å². The van der Waals surface area contributed by atoms with Gasteiger partial charge in [0.05, 0.1) is 27.4 Å². The average molecular weight is 480 g/mol. The zero-order valence-electron chi connectivity index (χ0n) is 20.0. The molecule has 33 heavy (non-hydrogen) atoms. The van der Waals surface area contributed by atoms with Gasteiger partial charge in [0.15, 0.2) is 0 Å². The summed E-state index contributed by atoms with van der Waals surface area (Å²) in [5.41, 5.74) is 5.72. The van der Waals surface area contributed by atoms with E-state index in [1.807, 2.05) is 12.1 Å². The van der Waals surface area contributed by atoms with Crippen LogP contribution in [-0.4, -0.2) is 34.9 Å². The molecule has 3 fully saturated rings. The SMILES string of the molecule is Cc1cc(C)c(N=C2[C@H](N3CCCC3)C3(CCCCC3)C(=S)N2c2ccccc2Cl)c(C)c1. The molecule has 3 nitrogen and oxygen atoms in total. The van der Waals surface area contributed by atoms with Crippen LogP contribution in [0.15, 0.2) is 41.4 Å². The Balaban J connectivity index is 1.75. The van der Waals surface area contributed by atoms with Crippen LogP contribution < -0.4 is 4.90 Å². The maximum absolute atomic E-state index is 6.79. The van der Waals surface area contributed by atoms with E-state index in [9.17, 15) is 0 Å². The number of hydrogen-bond acceptors (Lipinski definition) is 3. The number of hydrogen-bond donors (Lipinski definition) is 0. The smallest absolute Gasteiger partial charge is 0.133 e. The molecule has 174 valence electrons. The van der Waals surface area contributed by atoms with Crippen LogP contribution in [0, 0.1) is 26.2 Å². The van der Waals surface area contributed by atoms with Gasteiger partial charge in [-0.2, -0.15) is 0 Å². The van der Waals surface area contributed by atoms with Crippen molar-refractivity contribution in [2.24, 2.45) is 10.4 Å². The van der Waals surface area contributed by atoms with Gasteiger partial charge >= 0.3 is 0 Å². The molecule has 0 radical (unpaired) electrons. The van der Waals surface area contributed by atoms with Crippen LogP contribution in [0.1, 0.15) is 61.6 Å². The van der Waals surface area contributed by atoms with E-state index in [0.29, 0.717) is 0 Å². The van der Waals surface area contributed by atoms with E-state index in [2.05, 4.69) is 54.8 Å². The Kier molecular flexibility index (Phi) is 6.37. The highest BCUT2D eigenvalue weighted by molar-refractivity contribution is 7.80. The number of halogens is 1. The zero-order chi connectivity index (χ0) is 23.2. The van der Waals surface area contributed by atoms with Crippen molar-refractivity contribution in [3.8, 4) is 0 Å². The van der Waals surface area contributed by atoms with Gasteiger partial charge in [0, 0.05) is 5.41 Å². The molecule has 1 atom stereocenters. The van der Waals surface area contributed by atoms with Gasteiger partial charge in [0.25, 0.3) is 0 Å². The second-order valence-electron chi connectivity index (χ2n) is 10.2. The van der Waals surface area contributed by atoms with Crippen LogP contribution in [0.3, 0.4) is 0 Å². The summed E-state index contributed by atoms with van der Waals surface area (Å²) < 4.78 is 0. The third-order valence-corrected chi connectivity index (χ3v) is 8.74. The molecule has 2 heterocycles. The van der Waals surface area contributed by atoms with Gasteiger partial charge in [-0.3, -0.25) is 9.80 Å². The zero-order valence-corrected chi connectivity index (χ0v) is 21.6. The van der Waals surface area contributed by atoms with Crippen LogP contribution in [0.4, 0.5) is 11.4 Å². The number of rotatable bonds is 3. The highest BCUT2D eigenvalue weighted by Gasteiger charge is 2.58. The molecule has 5 rings (SSSR count). The number of thiocarbonyl (C=S) groups is 1. The predicted octanol–water partition coefficient (Wildman–Crippen LogP) is 7.56. The average Bonchev–Trinajstić information content (AvgIpc) is 3.38. The van der Waals surface area contributed by atoms with Gasteiger partial charge in [-0.05, 0) is 82.8 Å². The molecule has 5 heteroatoms. The molecule has 0 bridgehead atoms. The number of aryl methyl sites for hydroxylation is 3. The molecule has 2 saturated heterocycles. The summed E-state index contributed by atoms with van der Waals surface area (Å²) in [5.74, 6) is 1.08. The maximum atomic E-state index is 6.79. The summed E-state index contributed by atoms with van der Waals surface area (Å²) in [7, 11) is 0. The highest BCUT2D eigenvalue weighted by atomic mass is 35.5. The predicted molar refractivity (Wildman–Crippen MR) is 144 cm³/mol. The number of amidine groups is 1. The van der Waals surface area contributed by atoms with Crippen LogP contribution in [0.5, 0.6) is 0 Å². The summed E-state index contributed by atoms with van der Waals surface area (Å²) in [6.07, 6.45) is 8.54. The molecule has 0 amide bonds. The number of nitrogens with zero attached hydrogens (tertiary/aromatic N) is 3. The standard InChI is InChI=1S/C28H34ClN3S/c1-19-17-20(2)24(21(3)18-19)30-26-25(31-15-9-10-16-31)28(13-7-4-8-14-28)27(33)32(26)23-12-6-5-11-22(23)29/h5-6,11-12,17-18,25H,4,7-10,13-16H2,1-3H3/t25-/m0/s1. The summed E-state index contributed by atoms with van der Waals surface area (Å²) >= 11 is 13.2. The van der Waals surface area contributed by atoms with Gasteiger partial charge in [0.1, 0.15) is 5.84 Å². The topological polar surface area (TPSA) is 18.8 Å². The van der Waals surface area contributed by atoms with Crippen molar-refractivity contribution in [3.63, 3.8) is 0 Å². The fourth-order valence-electron chi connectivity index (χ4n) is 6.44. The maximum Gasteiger partial charge on any atom is 0.133 e. The van der Waals surface area contributed by atoms with Crippen molar-refractivity contribution in [2.75, 3.05) is 18.0 Å². The molecule has 0 N–H and O–H groups in total. The van der Waals surface area contributed by atoms with Gasteiger partial charge in [-0.1, -0.05) is 72.9 Å². The van der Waals surface area contributed by atoms with Gasteiger partial charge in [0.2, 0.25) is 0 Å². The Morgan fingerprint density at radius 2 is 1.58 bits per heavy atom. The molecule has 0 unspecified atom stereocenters. The van der Waals surface area contributed by atoms with E-state index in [0.717, 1.165) is 53.2 Å². The Morgan fingerprint density at radius 3 is 2.21 bits per heavy atom. The van der Waals surface area contributed by atoms with E-state index in [1.165, 1.54) is 48.8 Å². The number of anilines is 1. The van der Waals surface area contributed by atoms with E-state index in [4.69, 9.17) is 28.8 Å². The van der Waals surface area contributed by atoms with Crippen molar-refractivity contribution >= 4 is 46.0 Å². The first-order valence-corrected chi connectivity index (χ1v) is 13.2. The molecule has 2 aromatic rings. The molecule has 3 aliphatic rings. The van der Waals surface area contributed by atoms with Gasteiger partial charge in [-0.15, -0.1) is 0 Å². The van der Waals surface area contributed by atoms with Crippen molar-refractivity contribution < 1.29 is 0 Å². The molecule has 2 aliphatic heterocycles. The largest absolute Gasteiger partial charge is 0.293 e. The summed E-state index contributed by atoms with van der Waals surface area (Å²) in [6, 6.07) is 12.8. The van der Waals surface area contributed by atoms with E-state index in [-0.39, 0.29) is 11.5 Å². The van der Waals surface area contributed by atoms with Crippen molar-refractivity contribution in [1.82, 2.24) is 4.90 Å². The third kappa shape index (κ3) is 3.94. The normalized spacial score (nSPS) is 24.4. The summed E-state index contributed by atoms with van der Waals surface area (Å²) in [6.45, 7) is 8.75. The molecule has 1 saturated carbocycles. The quantitative estimate of drug-likeness (QED) is 0.423. The van der Waals surface area contributed by atoms with Crippen molar-refractivity contribution in [3.05, 3.63) is 58.1 Å².